The van der Waals surface area contributed by atoms with E-state index in [0.29, 0.717) is 4.64 Å². The van der Waals surface area contributed by atoms with Crippen LogP contribution >= 0.6 is 23.6 Å². The molecule has 0 aliphatic heterocycles. The highest BCUT2D eigenvalue weighted by Gasteiger charge is 2.09. The first-order valence-corrected chi connectivity index (χ1v) is 7.15. The Morgan fingerprint density at radius 2 is 2.00 bits per heavy atom. The van der Waals surface area contributed by atoms with Crippen molar-refractivity contribution in [3.63, 3.8) is 0 Å². The van der Waals surface area contributed by atoms with Gasteiger partial charge in [-0.25, -0.2) is 9.97 Å². The maximum Gasteiger partial charge on any atom is 0.158 e. The number of benzene rings is 1. The number of hydrogen-bond donors (Lipinski definition) is 1. The molecule has 1 aromatic carbocycles. The quantitative estimate of drug-likeness (QED) is 0.716. The summed E-state index contributed by atoms with van der Waals surface area (Å²) in [6.45, 7) is 1.99. The predicted molar refractivity (Wildman–Crippen MR) is 80.7 cm³/mol. The second-order valence-corrected chi connectivity index (χ2v) is 5.24. The van der Waals surface area contributed by atoms with Crippen LogP contribution in [0.2, 0.25) is 0 Å². The van der Waals surface area contributed by atoms with Gasteiger partial charge in [-0.15, -0.1) is 11.3 Å². The highest BCUT2D eigenvalue weighted by atomic mass is 32.1. The van der Waals surface area contributed by atoms with E-state index in [4.69, 9.17) is 12.2 Å². The largest absolute Gasteiger partial charge is 0.338 e. The average Bonchev–Trinajstić information content (AvgIpc) is 2.97. The first-order chi connectivity index (χ1) is 9.25. The van der Waals surface area contributed by atoms with Gasteiger partial charge in [0, 0.05) is 10.9 Å². The van der Waals surface area contributed by atoms with Crippen LogP contribution in [0.1, 0.15) is 5.56 Å². The zero-order valence-electron chi connectivity index (χ0n) is 10.3. The molecule has 0 amide bonds. The topological polar surface area (TPSA) is 41.6 Å². The van der Waals surface area contributed by atoms with Crippen LogP contribution in [0.5, 0.6) is 0 Å². The molecule has 2 aromatic heterocycles. The van der Waals surface area contributed by atoms with Crippen LogP contribution in [-0.2, 0) is 0 Å². The van der Waals surface area contributed by atoms with E-state index >= 15 is 0 Å². The normalized spacial score (nSPS) is 10.6. The monoisotopic (exact) mass is 285 g/mol. The van der Waals surface area contributed by atoms with Gasteiger partial charge in [-0.05, 0) is 12.5 Å². The summed E-state index contributed by atoms with van der Waals surface area (Å²) in [5.41, 5.74) is 5.71. The summed E-state index contributed by atoms with van der Waals surface area (Å²) in [5, 5.41) is 1.96. The number of rotatable bonds is 2. The highest BCUT2D eigenvalue weighted by molar-refractivity contribution is 7.71. The maximum absolute atomic E-state index is 5.35. The molecule has 0 saturated carbocycles. The van der Waals surface area contributed by atoms with Crippen molar-refractivity contribution in [3.8, 4) is 22.8 Å². The summed E-state index contributed by atoms with van der Waals surface area (Å²) in [7, 11) is 0. The minimum absolute atomic E-state index is 0.612. The average molecular weight is 285 g/mol. The van der Waals surface area contributed by atoms with E-state index in [1.165, 1.54) is 0 Å². The number of nitrogens with zero attached hydrogens (tertiary/aromatic N) is 2. The molecule has 0 fully saturated rings. The van der Waals surface area contributed by atoms with Crippen molar-refractivity contribution >= 4 is 23.6 Å². The van der Waals surface area contributed by atoms with Gasteiger partial charge in [0.25, 0.3) is 0 Å². The van der Waals surface area contributed by atoms with Gasteiger partial charge in [-0.2, -0.15) is 0 Å². The van der Waals surface area contributed by atoms with E-state index in [9.17, 15) is 0 Å². The predicted octanol–water partition coefficient (Wildman–Crippen LogP) is 4.24. The molecule has 0 saturated heterocycles. The van der Waals surface area contributed by atoms with Gasteiger partial charge >= 0.3 is 0 Å². The molecule has 2 heterocycles. The van der Waals surface area contributed by atoms with Crippen molar-refractivity contribution in [1.82, 2.24) is 15.0 Å². The lowest BCUT2D eigenvalue weighted by Crippen LogP contribution is -1.97. The van der Waals surface area contributed by atoms with E-state index in [1.807, 2.05) is 30.5 Å². The first-order valence-electron chi connectivity index (χ1n) is 5.80. The zero-order valence-corrected chi connectivity index (χ0v) is 11.9. The second kappa shape index (κ2) is 5.03. The van der Waals surface area contributed by atoms with Gasteiger partial charge < -0.3 is 4.98 Å². The molecule has 5 heteroatoms. The zero-order chi connectivity index (χ0) is 13.2. The fourth-order valence-corrected chi connectivity index (χ4v) is 2.61. The SMILES string of the molecule is Cc1c(-c2ccccc2)[nH]c(-c2cscn2)nc1=S. The van der Waals surface area contributed by atoms with Crippen molar-refractivity contribution in [2.24, 2.45) is 0 Å². The van der Waals surface area contributed by atoms with Crippen molar-refractivity contribution in [2.75, 3.05) is 0 Å². The minimum Gasteiger partial charge on any atom is -0.338 e. The Kier molecular flexibility index (Phi) is 3.23. The standard InChI is InChI=1S/C14H11N3S2/c1-9-12(10-5-3-2-4-6-10)16-13(17-14(9)18)11-7-19-8-15-11/h2-8H,1H3,(H,16,17,18). The number of nitrogens with one attached hydrogen (secondary N) is 1. The number of aromatic amines is 1. The lowest BCUT2D eigenvalue weighted by molar-refractivity contribution is 1.11. The Hall–Kier alpha value is -1.85. The molecule has 0 radical (unpaired) electrons. The Labute approximate surface area is 120 Å². The van der Waals surface area contributed by atoms with Crippen LogP contribution < -0.4 is 0 Å². The van der Waals surface area contributed by atoms with Crippen LogP contribution in [0.3, 0.4) is 0 Å². The Balaban J connectivity index is 2.23. The third-order valence-corrected chi connectivity index (χ3v) is 3.87. The van der Waals surface area contributed by atoms with Gasteiger partial charge in [0.15, 0.2) is 5.82 Å². The Bertz CT molecular complexity index is 746. The van der Waals surface area contributed by atoms with Gasteiger partial charge in [-0.3, -0.25) is 0 Å². The minimum atomic E-state index is 0.612. The molecular weight excluding hydrogens is 274 g/mol. The summed E-state index contributed by atoms with van der Waals surface area (Å²) >= 11 is 6.89. The fourth-order valence-electron chi connectivity index (χ4n) is 1.88. The molecular formula is C14H11N3S2. The third-order valence-electron chi connectivity index (χ3n) is 2.89. The molecule has 3 nitrogen and oxygen atoms in total. The molecule has 19 heavy (non-hydrogen) atoms. The lowest BCUT2D eigenvalue weighted by Gasteiger charge is -2.08. The van der Waals surface area contributed by atoms with E-state index < -0.39 is 0 Å². The molecule has 3 rings (SSSR count). The van der Waals surface area contributed by atoms with Gasteiger partial charge in [-0.1, -0.05) is 42.5 Å². The smallest absolute Gasteiger partial charge is 0.158 e. The third kappa shape index (κ3) is 2.34. The van der Waals surface area contributed by atoms with Crippen LogP contribution in [0.15, 0.2) is 41.2 Å². The summed E-state index contributed by atoms with van der Waals surface area (Å²) in [6.07, 6.45) is 0. The summed E-state index contributed by atoms with van der Waals surface area (Å²) in [4.78, 5) is 12.0. The molecule has 94 valence electrons. The molecule has 0 atom stereocenters. The molecule has 1 N–H and O–H groups in total. The van der Waals surface area contributed by atoms with Crippen LogP contribution in [-0.4, -0.2) is 15.0 Å². The molecule has 3 aromatic rings. The lowest BCUT2D eigenvalue weighted by atomic mass is 10.1. The molecule has 0 aliphatic rings. The van der Waals surface area contributed by atoms with E-state index in [-0.39, 0.29) is 0 Å². The number of H-pyrrole nitrogens is 1. The number of hydrogen-bond acceptors (Lipinski definition) is 4. The summed E-state index contributed by atoms with van der Waals surface area (Å²) < 4.78 is 0.612. The molecule has 0 spiro atoms. The molecule has 0 aliphatic carbocycles. The fraction of sp³-hybridized carbons (Fsp3) is 0.0714. The number of thiazole rings is 1. The maximum atomic E-state index is 5.35. The van der Waals surface area contributed by atoms with Gasteiger partial charge in [0.05, 0.1) is 11.2 Å². The Morgan fingerprint density at radius 1 is 1.21 bits per heavy atom. The van der Waals surface area contributed by atoms with Gasteiger partial charge in [0.2, 0.25) is 0 Å². The molecule has 0 bridgehead atoms. The second-order valence-electron chi connectivity index (χ2n) is 4.13. The van der Waals surface area contributed by atoms with Gasteiger partial charge in [0.1, 0.15) is 10.3 Å². The van der Waals surface area contributed by atoms with Crippen molar-refractivity contribution in [1.29, 1.82) is 0 Å². The van der Waals surface area contributed by atoms with Crippen molar-refractivity contribution in [2.45, 2.75) is 6.92 Å². The highest BCUT2D eigenvalue weighted by Crippen LogP contribution is 2.24. The van der Waals surface area contributed by atoms with Crippen LogP contribution in [0.25, 0.3) is 22.8 Å². The molecule has 0 unspecified atom stereocenters. The van der Waals surface area contributed by atoms with E-state index in [0.717, 1.165) is 28.3 Å². The van der Waals surface area contributed by atoms with Crippen molar-refractivity contribution in [3.05, 3.63) is 51.4 Å². The Morgan fingerprint density at radius 3 is 2.68 bits per heavy atom. The van der Waals surface area contributed by atoms with Crippen molar-refractivity contribution < 1.29 is 0 Å². The first kappa shape index (κ1) is 12.2. The van der Waals surface area contributed by atoms with E-state index in [1.54, 1.807) is 16.8 Å². The summed E-state index contributed by atoms with van der Waals surface area (Å²) in [5.74, 6) is 0.718. The number of aromatic nitrogens is 3. The summed E-state index contributed by atoms with van der Waals surface area (Å²) in [6, 6.07) is 10.1. The van der Waals surface area contributed by atoms with Crippen LogP contribution in [0.4, 0.5) is 0 Å². The van der Waals surface area contributed by atoms with Crippen LogP contribution in [0, 0.1) is 11.6 Å². The van der Waals surface area contributed by atoms with E-state index in [2.05, 4.69) is 27.1 Å².